The number of nitrogens with zero attached hydrogens (tertiary/aromatic N) is 1. The van der Waals surface area contributed by atoms with Crippen LogP contribution in [-0.2, 0) is 12.1 Å². The average molecular weight is 348 g/mol. The first-order valence-electron chi connectivity index (χ1n) is 8.79. The van der Waals surface area contributed by atoms with E-state index in [9.17, 15) is 9.59 Å². The molecule has 0 unspecified atom stereocenters. The molecule has 5 nitrogen and oxygen atoms in total. The molecule has 132 valence electrons. The lowest BCUT2D eigenvalue weighted by atomic mass is 9.71. The fourth-order valence-corrected chi connectivity index (χ4v) is 3.40. The van der Waals surface area contributed by atoms with Gasteiger partial charge in [-0.2, -0.15) is 0 Å². The van der Waals surface area contributed by atoms with Crippen molar-refractivity contribution >= 4 is 5.91 Å². The second-order valence-electron chi connectivity index (χ2n) is 6.69. The molecule has 1 aliphatic rings. The lowest BCUT2D eigenvalue weighted by molar-refractivity contribution is 0.0792. The molecule has 1 aliphatic carbocycles. The molecule has 5 heteroatoms. The zero-order valence-corrected chi connectivity index (χ0v) is 14.4. The van der Waals surface area contributed by atoms with Crippen LogP contribution in [0.5, 0.6) is 0 Å². The molecule has 2 aromatic heterocycles. The van der Waals surface area contributed by atoms with E-state index in [4.69, 9.17) is 4.42 Å². The summed E-state index contributed by atoms with van der Waals surface area (Å²) in [4.78, 5) is 24.5. The van der Waals surface area contributed by atoms with Crippen molar-refractivity contribution in [3.63, 3.8) is 0 Å². The van der Waals surface area contributed by atoms with Gasteiger partial charge in [-0.05, 0) is 43.0 Å². The molecule has 0 radical (unpaired) electrons. The Hall–Kier alpha value is -3.08. The van der Waals surface area contributed by atoms with Crippen LogP contribution >= 0.6 is 0 Å². The van der Waals surface area contributed by atoms with Gasteiger partial charge in [0.2, 0.25) is 0 Å². The van der Waals surface area contributed by atoms with Crippen LogP contribution in [0, 0.1) is 0 Å². The molecule has 0 bridgehead atoms. The molecule has 1 aromatic carbocycles. The number of rotatable bonds is 5. The number of amides is 1. The first kappa shape index (κ1) is 16.4. The van der Waals surface area contributed by atoms with Gasteiger partial charge in [0.15, 0.2) is 5.76 Å². The van der Waals surface area contributed by atoms with E-state index < -0.39 is 0 Å². The monoisotopic (exact) mass is 348 g/mol. The first-order chi connectivity index (χ1) is 12.7. The van der Waals surface area contributed by atoms with Crippen molar-refractivity contribution in [2.45, 2.75) is 31.3 Å². The third kappa shape index (κ3) is 3.08. The molecule has 4 rings (SSSR count). The molecule has 0 spiro atoms. The van der Waals surface area contributed by atoms with E-state index in [0.717, 1.165) is 24.8 Å². The Kier molecular flexibility index (Phi) is 4.21. The highest BCUT2D eigenvalue weighted by Gasteiger charge is 2.40. The highest BCUT2D eigenvalue weighted by Crippen LogP contribution is 2.41. The van der Waals surface area contributed by atoms with Crippen LogP contribution < -0.4 is 10.9 Å². The quantitative estimate of drug-likeness (QED) is 0.769. The zero-order chi connectivity index (χ0) is 18.0. The van der Waals surface area contributed by atoms with Gasteiger partial charge in [0.1, 0.15) is 5.76 Å². The standard InChI is InChI=1S/C21H20N2O3/c24-19-9-4-5-14-23(19)15-17-10-11-18(26-17)20(25)22-21(12-6-13-21)16-7-2-1-3-8-16/h1-5,7-11,14H,6,12-13,15H2,(H,22,25). The summed E-state index contributed by atoms with van der Waals surface area (Å²) >= 11 is 0. The number of pyridine rings is 1. The number of aromatic nitrogens is 1. The minimum absolute atomic E-state index is 0.104. The molecule has 2 heterocycles. The van der Waals surface area contributed by atoms with Crippen LogP contribution in [0.3, 0.4) is 0 Å². The first-order valence-corrected chi connectivity index (χ1v) is 8.79. The minimum Gasteiger partial charge on any atom is -0.454 e. The van der Waals surface area contributed by atoms with Gasteiger partial charge in [-0.15, -0.1) is 0 Å². The van der Waals surface area contributed by atoms with Crippen LogP contribution in [0.15, 0.2) is 76.1 Å². The molecule has 1 saturated carbocycles. The molecule has 1 N–H and O–H groups in total. The number of carbonyl (C=O) groups excluding carboxylic acids is 1. The summed E-state index contributed by atoms with van der Waals surface area (Å²) in [5.74, 6) is 0.622. The maximum atomic E-state index is 12.7. The van der Waals surface area contributed by atoms with Crippen molar-refractivity contribution in [3.05, 3.63) is 94.3 Å². The minimum atomic E-state index is -0.304. The van der Waals surface area contributed by atoms with E-state index in [-0.39, 0.29) is 22.8 Å². The molecule has 0 aliphatic heterocycles. The molecule has 1 fully saturated rings. The number of furan rings is 1. The van der Waals surface area contributed by atoms with E-state index in [1.165, 1.54) is 10.6 Å². The van der Waals surface area contributed by atoms with Crippen molar-refractivity contribution in [1.29, 1.82) is 0 Å². The van der Waals surface area contributed by atoms with Crippen LogP contribution in [0.1, 0.15) is 41.1 Å². The molecule has 3 aromatic rings. The predicted octanol–water partition coefficient (Wildman–Crippen LogP) is 3.30. The van der Waals surface area contributed by atoms with Gasteiger partial charge in [0.25, 0.3) is 11.5 Å². The Bertz CT molecular complexity index is 968. The molecular weight excluding hydrogens is 328 g/mol. The molecular formula is C21H20N2O3. The maximum absolute atomic E-state index is 12.7. The number of nitrogens with one attached hydrogen (secondary N) is 1. The van der Waals surface area contributed by atoms with Gasteiger partial charge >= 0.3 is 0 Å². The van der Waals surface area contributed by atoms with Gasteiger partial charge in [-0.3, -0.25) is 9.59 Å². The van der Waals surface area contributed by atoms with Gasteiger partial charge in [-0.25, -0.2) is 0 Å². The summed E-state index contributed by atoms with van der Waals surface area (Å²) < 4.78 is 7.22. The lowest BCUT2D eigenvalue weighted by Gasteiger charge is -2.42. The number of carbonyl (C=O) groups is 1. The van der Waals surface area contributed by atoms with Crippen LogP contribution in [-0.4, -0.2) is 10.5 Å². The van der Waals surface area contributed by atoms with Crippen LogP contribution in [0.4, 0.5) is 0 Å². The topological polar surface area (TPSA) is 64.2 Å². The fourth-order valence-electron chi connectivity index (χ4n) is 3.40. The largest absolute Gasteiger partial charge is 0.454 e. The fraction of sp³-hybridized carbons (Fsp3) is 0.238. The van der Waals surface area contributed by atoms with Gasteiger partial charge in [0.05, 0.1) is 12.1 Å². The average Bonchev–Trinajstić information content (AvgIpc) is 3.09. The maximum Gasteiger partial charge on any atom is 0.287 e. The second kappa shape index (κ2) is 6.67. The smallest absolute Gasteiger partial charge is 0.287 e. The van der Waals surface area contributed by atoms with Crippen molar-refractivity contribution in [3.8, 4) is 0 Å². The van der Waals surface area contributed by atoms with E-state index in [1.807, 2.05) is 18.2 Å². The highest BCUT2D eigenvalue weighted by molar-refractivity contribution is 5.92. The van der Waals surface area contributed by atoms with Crippen molar-refractivity contribution in [2.24, 2.45) is 0 Å². The summed E-state index contributed by atoms with van der Waals surface area (Å²) in [6.45, 7) is 0.302. The van der Waals surface area contributed by atoms with Gasteiger partial charge in [-0.1, -0.05) is 36.4 Å². The van der Waals surface area contributed by atoms with Crippen molar-refractivity contribution in [1.82, 2.24) is 9.88 Å². The van der Waals surface area contributed by atoms with Gasteiger partial charge in [0, 0.05) is 12.3 Å². The molecule has 1 amide bonds. The van der Waals surface area contributed by atoms with Gasteiger partial charge < -0.3 is 14.3 Å². The summed E-state index contributed by atoms with van der Waals surface area (Å²) in [5.41, 5.74) is 0.719. The Labute approximate surface area is 151 Å². The number of hydrogen-bond acceptors (Lipinski definition) is 3. The normalized spacial score (nSPS) is 15.2. The SMILES string of the molecule is O=C(NC1(c2ccccc2)CCC1)c1ccc(Cn2ccccc2=O)o1. The molecule has 0 saturated heterocycles. The number of hydrogen-bond donors (Lipinski definition) is 1. The Balaban J connectivity index is 1.50. The second-order valence-corrected chi connectivity index (χ2v) is 6.69. The van der Waals surface area contributed by atoms with Crippen LogP contribution in [0.2, 0.25) is 0 Å². The lowest BCUT2D eigenvalue weighted by Crippen LogP contribution is -2.50. The summed E-state index contributed by atoms with van der Waals surface area (Å²) in [6, 6.07) is 18.4. The summed E-state index contributed by atoms with van der Waals surface area (Å²) in [7, 11) is 0. The third-order valence-electron chi connectivity index (χ3n) is 5.00. The third-order valence-corrected chi connectivity index (χ3v) is 5.00. The molecule has 26 heavy (non-hydrogen) atoms. The zero-order valence-electron chi connectivity index (χ0n) is 14.4. The Morgan fingerprint density at radius 1 is 1.04 bits per heavy atom. The van der Waals surface area contributed by atoms with E-state index >= 15 is 0 Å². The number of benzene rings is 1. The highest BCUT2D eigenvalue weighted by atomic mass is 16.4. The van der Waals surface area contributed by atoms with Crippen molar-refractivity contribution < 1.29 is 9.21 Å². The molecule has 0 atom stereocenters. The predicted molar refractivity (Wildman–Crippen MR) is 97.9 cm³/mol. The summed E-state index contributed by atoms with van der Waals surface area (Å²) in [6.07, 6.45) is 4.64. The van der Waals surface area contributed by atoms with Crippen molar-refractivity contribution in [2.75, 3.05) is 0 Å². The van der Waals surface area contributed by atoms with E-state index in [0.29, 0.717) is 12.3 Å². The van der Waals surface area contributed by atoms with Crippen LogP contribution in [0.25, 0.3) is 0 Å². The Morgan fingerprint density at radius 3 is 2.50 bits per heavy atom. The Morgan fingerprint density at radius 2 is 1.81 bits per heavy atom. The van der Waals surface area contributed by atoms with E-state index in [1.54, 1.807) is 30.5 Å². The van der Waals surface area contributed by atoms with E-state index in [2.05, 4.69) is 17.4 Å². The summed E-state index contributed by atoms with van der Waals surface area (Å²) in [5, 5.41) is 3.15.